The molecule has 0 unspecified atom stereocenters. The third kappa shape index (κ3) is 2.17. The van der Waals surface area contributed by atoms with E-state index in [1.54, 1.807) is 0 Å². The minimum Gasteiger partial charge on any atom is -0.386 e. The SMILES string of the molecule is CC(C)(C)C(N)=NCl. The maximum Gasteiger partial charge on any atom is 0.119 e. The molecule has 0 bridgehead atoms. The van der Waals surface area contributed by atoms with Crippen molar-refractivity contribution in [2.75, 3.05) is 0 Å². The average Bonchev–Trinajstić information content (AvgIpc) is 1.62. The minimum atomic E-state index is -0.0955. The number of hydrogen-bond acceptors (Lipinski definition) is 1. The maximum absolute atomic E-state index is 5.37. The van der Waals surface area contributed by atoms with E-state index in [1.807, 2.05) is 20.8 Å². The molecule has 0 fully saturated rings. The first-order valence-electron chi connectivity index (χ1n) is 2.43. The van der Waals surface area contributed by atoms with Crippen molar-refractivity contribution in [1.82, 2.24) is 0 Å². The van der Waals surface area contributed by atoms with Gasteiger partial charge in [-0.25, -0.2) is 0 Å². The van der Waals surface area contributed by atoms with Gasteiger partial charge in [0.05, 0.1) is 0 Å². The lowest BCUT2D eigenvalue weighted by atomic mass is 9.96. The molecule has 2 N–H and O–H groups in total. The first kappa shape index (κ1) is 7.76. The van der Waals surface area contributed by atoms with Gasteiger partial charge in [0.25, 0.3) is 0 Å². The van der Waals surface area contributed by atoms with Crippen molar-refractivity contribution in [3.63, 3.8) is 0 Å². The van der Waals surface area contributed by atoms with Gasteiger partial charge >= 0.3 is 0 Å². The largest absolute Gasteiger partial charge is 0.386 e. The molecule has 0 aromatic heterocycles. The van der Waals surface area contributed by atoms with Crippen molar-refractivity contribution >= 4 is 17.6 Å². The van der Waals surface area contributed by atoms with Gasteiger partial charge in [-0.2, -0.15) is 4.51 Å². The van der Waals surface area contributed by atoms with Crippen molar-refractivity contribution < 1.29 is 0 Å². The van der Waals surface area contributed by atoms with Crippen LogP contribution in [0.2, 0.25) is 0 Å². The summed E-state index contributed by atoms with van der Waals surface area (Å²) in [5.74, 6) is 0.471. The van der Waals surface area contributed by atoms with E-state index in [0.29, 0.717) is 5.84 Å². The van der Waals surface area contributed by atoms with Crippen LogP contribution < -0.4 is 5.73 Å². The highest BCUT2D eigenvalue weighted by Gasteiger charge is 2.14. The van der Waals surface area contributed by atoms with Gasteiger partial charge in [-0.1, -0.05) is 20.8 Å². The molecule has 0 amide bonds. The summed E-state index contributed by atoms with van der Waals surface area (Å²) in [5.41, 5.74) is 5.27. The zero-order valence-corrected chi connectivity index (χ0v) is 6.16. The van der Waals surface area contributed by atoms with Crippen LogP contribution in [0.1, 0.15) is 20.8 Å². The number of nitrogens with zero attached hydrogens (tertiary/aromatic N) is 1. The van der Waals surface area contributed by atoms with Gasteiger partial charge < -0.3 is 5.73 Å². The number of nitrogens with two attached hydrogens (primary N) is 1. The van der Waals surface area contributed by atoms with E-state index in [0.717, 1.165) is 0 Å². The second-order valence-corrected chi connectivity index (χ2v) is 2.89. The molecular weight excluding hydrogens is 124 g/mol. The quantitative estimate of drug-likeness (QED) is 0.396. The van der Waals surface area contributed by atoms with Crippen LogP contribution in [0.4, 0.5) is 0 Å². The molecule has 8 heavy (non-hydrogen) atoms. The molecule has 0 rings (SSSR count). The van der Waals surface area contributed by atoms with E-state index in [1.165, 1.54) is 0 Å². The predicted molar refractivity (Wildman–Crippen MR) is 36.9 cm³/mol. The Hall–Kier alpha value is -0.240. The molecule has 0 aliphatic carbocycles. The number of rotatable bonds is 0. The summed E-state index contributed by atoms with van der Waals surface area (Å²) >= 11 is 5.10. The predicted octanol–water partition coefficient (Wildman–Crippen LogP) is 1.54. The summed E-state index contributed by atoms with van der Waals surface area (Å²) in [6.45, 7) is 5.86. The summed E-state index contributed by atoms with van der Waals surface area (Å²) in [5, 5.41) is 0. The molecule has 0 spiro atoms. The number of halogens is 1. The van der Waals surface area contributed by atoms with Gasteiger partial charge in [0.2, 0.25) is 0 Å². The van der Waals surface area contributed by atoms with E-state index in [2.05, 4.69) is 4.51 Å². The fourth-order valence-corrected chi connectivity index (χ4v) is 0.380. The van der Waals surface area contributed by atoms with E-state index in [-0.39, 0.29) is 5.41 Å². The van der Waals surface area contributed by atoms with Crippen molar-refractivity contribution in [2.45, 2.75) is 20.8 Å². The molecule has 0 aromatic rings. The smallest absolute Gasteiger partial charge is 0.119 e. The topological polar surface area (TPSA) is 38.4 Å². The van der Waals surface area contributed by atoms with E-state index < -0.39 is 0 Å². The van der Waals surface area contributed by atoms with Crippen LogP contribution in [0.25, 0.3) is 0 Å². The highest BCUT2D eigenvalue weighted by atomic mass is 35.5. The molecule has 0 aliphatic heterocycles. The first-order chi connectivity index (χ1) is 3.48. The summed E-state index contributed by atoms with van der Waals surface area (Å²) in [6, 6.07) is 0. The molecule has 0 aromatic carbocycles. The zero-order chi connectivity index (χ0) is 6.78. The lowest BCUT2D eigenvalue weighted by molar-refractivity contribution is 0.586. The Morgan fingerprint density at radius 2 is 1.88 bits per heavy atom. The standard InChI is InChI=1S/C5H11ClN2/c1-5(2,3)4(7)8-6/h1-3H3,(H2,7,8). The minimum absolute atomic E-state index is 0.0955. The van der Waals surface area contributed by atoms with E-state index in [9.17, 15) is 0 Å². The Labute approximate surface area is 54.8 Å². The van der Waals surface area contributed by atoms with Gasteiger partial charge in [-0.3, -0.25) is 0 Å². The van der Waals surface area contributed by atoms with Crippen LogP contribution in [0.15, 0.2) is 4.51 Å². The molecular formula is C5H11ClN2. The third-order valence-corrected chi connectivity index (χ3v) is 1.04. The summed E-state index contributed by atoms with van der Waals surface area (Å²) in [4.78, 5) is 0. The molecule has 0 saturated heterocycles. The van der Waals surface area contributed by atoms with E-state index in [4.69, 9.17) is 17.5 Å². The second kappa shape index (κ2) is 2.35. The van der Waals surface area contributed by atoms with Crippen molar-refractivity contribution in [1.29, 1.82) is 0 Å². The molecule has 0 aliphatic rings. The monoisotopic (exact) mass is 134 g/mol. The number of amidine groups is 1. The van der Waals surface area contributed by atoms with Crippen LogP contribution in [-0.4, -0.2) is 5.84 Å². The summed E-state index contributed by atoms with van der Waals surface area (Å²) in [6.07, 6.45) is 0. The lowest BCUT2D eigenvalue weighted by Gasteiger charge is -2.14. The third-order valence-electron chi connectivity index (χ3n) is 0.859. The highest BCUT2D eigenvalue weighted by Crippen LogP contribution is 2.12. The van der Waals surface area contributed by atoms with Crippen LogP contribution >= 0.6 is 11.8 Å². The molecule has 2 nitrogen and oxygen atoms in total. The van der Waals surface area contributed by atoms with Gasteiger partial charge in [0.15, 0.2) is 0 Å². The van der Waals surface area contributed by atoms with Gasteiger partial charge in [-0.15, -0.1) is 0 Å². The molecule has 3 heteroatoms. The number of hydrogen-bond donors (Lipinski definition) is 1. The molecule has 0 atom stereocenters. The Balaban J connectivity index is 4.03. The Kier molecular flexibility index (Phi) is 2.28. The normalized spacial score (nSPS) is 14.2. The van der Waals surface area contributed by atoms with Crippen molar-refractivity contribution in [2.24, 2.45) is 15.7 Å². The Bertz CT molecular complexity index is 101. The van der Waals surface area contributed by atoms with Crippen LogP contribution in [-0.2, 0) is 0 Å². The summed E-state index contributed by atoms with van der Waals surface area (Å²) in [7, 11) is 0. The second-order valence-electron chi connectivity index (χ2n) is 2.72. The highest BCUT2D eigenvalue weighted by molar-refractivity contribution is 6.20. The first-order valence-corrected chi connectivity index (χ1v) is 2.77. The lowest BCUT2D eigenvalue weighted by Crippen LogP contribution is -2.27. The molecule has 0 heterocycles. The average molecular weight is 135 g/mol. The molecule has 0 saturated carbocycles. The van der Waals surface area contributed by atoms with Crippen LogP contribution in [0, 0.1) is 5.41 Å². The van der Waals surface area contributed by atoms with Gasteiger partial charge in [-0.05, 0) is 0 Å². The van der Waals surface area contributed by atoms with Gasteiger partial charge in [0, 0.05) is 17.2 Å². The van der Waals surface area contributed by atoms with Crippen molar-refractivity contribution in [3.05, 3.63) is 0 Å². The molecule has 0 radical (unpaired) electrons. The van der Waals surface area contributed by atoms with E-state index >= 15 is 0 Å². The van der Waals surface area contributed by atoms with Crippen molar-refractivity contribution in [3.8, 4) is 0 Å². The molecule has 48 valence electrons. The summed E-state index contributed by atoms with van der Waals surface area (Å²) < 4.78 is 3.33. The van der Waals surface area contributed by atoms with Crippen LogP contribution in [0.3, 0.4) is 0 Å². The Morgan fingerprint density at radius 3 is 1.88 bits per heavy atom. The van der Waals surface area contributed by atoms with Crippen LogP contribution in [0.5, 0.6) is 0 Å². The maximum atomic E-state index is 5.37. The fourth-order valence-electron chi connectivity index (χ4n) is 0.127. The Morgan fingerprint density at radius 1 is 1.50 bits per heavy atom. The van der Waals surface area contributed by atoms with Gasteiger partial charge in [0.1, 0.15) is 5.84 Å². The zero-order valence-electron chi connectivity index (χ0n) is 5.40. The fraction of sp³-hybridized carbons (Fsp3) is 0.800.